The Kier molecular flexibility index (Phi) is 45.1. The summed E-state index contributed by atoms with van der Waals surface area (Å²) in [6.45, 7) is 68.6. The van der Waals surface area contributed by atoms with Gasteiger partial charge in [-0.05, 0) is 246 Å². The molecular weight excluding hydrogens is 1470 g/mol. The Balaban J connectivity index is 0.000000452. The molecule has 8 aromatic carbocycles. The Morgan fingerprint density at radius 2 is 0.610 bits per heavy atom. The summed E-state index contributed by atoms with van der Waals surface area (Å²) in [4.78, 5) is 0. The van der Waals surface area contributed by atoms with E-state index in [0.717, 1.165) is 35.5 Å². The summed E-state index contributed by atoms with van der Waals surface area (Å²) in [5.74, 6) is -16.5. The Labute approximate surface area is 717 Å². The van der Waals surface area contributed by atoms with Crippen LogP contribution in [0.2, 0.25) is 0 Å². The maximum Gasteiger partial charge on any atom is 0.378 e. The van der Waals surface area contributed by atoms with E-state index in [2.05, 4.69) is 365 Å². The zero-order chi connectivity index (χ0) is 90.1. The average Bonchev–Trinajstić information content (AvgIpc) is 0.740. The third kappa shape index (κ3) is 34.8. The summed E-state index contributed by atoms with van der Waals surface area (Å²) in [5.41, 5.74) is 26.0. The van der Waals surface area contributed by atoms with Crippen molar-refractivity contribution in [1.29, 1.82) is 0 Å². The second kappa shape index (κ2) is 49.5. The molecule has 0 aromatic heterocycles. The largest absolute Gasteiger partial charge is 0.378 e. The minimum atomic E-state index is -6.09. The highest BCUT2D eigenvalue weighted by Crippen LogP contribution is 2.55. The van der Waals surface area contributed by atoms with Crippen molar-refractivity contribution in [3.63, 3.8) is 0 Å². The Morgan fingerprint density at radius 1 is 0.305 bits per heavy atom. The van der Waals surface area contributed by atoms with Crippen LogP contribution in [0.25, 0.3) is 10.8 Å². The van der Waals surface area contributed by atoms with Crippen molar-refractivity contribution in [1.82, 2.24) is 0 Å². The first-order valence-corrected chi connectivity index (χ1v) is 44.9. The molecule has 2 atom stereocenters. The van der Waals surface area contributed by atoms with E-state index in [0.29, 0.717) is 19.3 Å². The minimum absolute atomic E-state index is 0.0708. The number of benzene rings is 8. The van der Waals surface area contributed by atoms with Crippen molar-refractivity contribution in [2.24, 2.45) is 40.9 Å². The highest BCUT2D eigenvalue weighted by Gasteiger charge is 2.79. The van der Waals surface area contributed by atoms with Crippen molar-refractivity contribution in [3.8, 4) is 0 Å². The van der Waals surface area contributed by atoms with E-state index in [1.807, 2.05) is 0 Å². The summed E-state index contributed by atoms with van der Waals surface area (Å²) in [6.07, 6.45) is 20.1. The van der Waals surface area contributed by atoms with Crippen molar-refractivity contribution >= 4 is 10.8 Å². The maximum absolute atomic E-state index is 12.7. The summed E-state index contributed by atoms with van der Waals surface area (Å²) in [5, 5.41) is 2.71. The van der Waals surface area contributed by atoms with Gasteiger partial charge in [0.2, 0.25) is 0 Å². The van der Waals surface area contributed by atoms with Gasteiger partial charge in [0.25, 0.3) is 0 Å². The molecule has 0 heterocycles. The molecule has 3 aliphatic rings. The second-order valence-electron chi connectivity index (χ2n) is 38.8. The number of hydrogen-bond donors (Lipinski definition) is 0. The number of rotatable bonds is 12. The summed E-state index contributed by atoms with van der Waals surface area (Å²) < 4.78 is 101. The van der Waals surface area contributed by atoms with Crippen LogP contribution in [0.3, 0.4) is 0 Å². The molecule has 2 unspecified atom stereocenters. The van der Waals surface area contributed by atoms with Crippen molar-refractivity contribution in [2.75, 3.05) is 0 Å². The molecule has 3 fully saturated rings. The fourth-order valence-electron chi connectivity index (χ4n) is 15.9. The molecule has 660 valence electrons. The molecule has 0 aliphatic heterocycles. The van der Waals surface area contributed by atoms with Gasteiger partial charge in [0.1, 0.15) is 0 Å². The first-order chi connectivity index (χ1) is 54.6. The van der Waals surface area contributed by atoms with Gasteiger partial charge in [-0.3, -0.25) is 0 Å². The SMILES string of the molecule is CC1CCC(C(C)(C)C2CCC(C)CC2)CC1.CC1CCCCC1C.CCC(F)(F)C(F)(F)C(F)(F)C(F)(F)CC.CCCCCC.Cc1cc(C(C)(C)C)c(C)cc1C(C)(C)C.Cc1ccc(C(C)(C)c2ccc(C)cc2)cc1.Cc1ccc(C)c(C)c1C.Cc1ccc(C)cc1.Cc1ccc2c(C)cccc2c1.Cc1cccc(C)c1. The van der Waals surface area contributed by atoms with Crippen LogP contribution < -0.4 is 0 Å². The first-order valence-electron chi connectivity index (χ1n) is 44.9. The van der Waals surface area contributed by atoms with Crippen LogP contribution >= 0.6 is 0 Å². The lowest BCUT2D eigenvalue weighted by Gasteiger charge is -2.46. The molecule has 0 spiro atoms. The highest BCUT2D eigenvalue weighted by atomic mass is 19.4. The van der Waals surface area contributed by atoms with Crippen LogP contribution in [0.5, 0.6) is 0 Å². The van der Waals surface area contributed by atoms with Crippen LogP contribution in [0.4, 0.5) is 35.1 Å². The fourth-order valence-corrected chi connectivity index (χ4v) is 15.9. The molecule has 0 nitrogen and oxygen atoms in total. The van der Waals surface area contributed by atoms with E-state index >= 15 is 0 Å². The number of unbranched alkanes of at least 4 members (excludes halogenated alkanes) is 3. The smallest absolute Gasteiger partial charge is 0.200 e. The van der Waals surface area contributed by atoms with E-state index < -0.39 is 36.5 Å². The summed E-state index contributed by atoms with van der Waals surface area (Å²) in [7, 11) is 0. The maximum atomic E-state index is 12.7. The van der Waals surface area contributed by atoms with Gasteiger partial charge in [0, 0.05) is 18.3 Å². The molecule has 0 radical (unpaired) electrons. The van der Waals surface area contributed by atoms with Crippen LogP contribution in [-0.4, -0.2) is 23.7 Å². The van der Waals surface area contributed by atoms with Gasteiger partial charge in [-0.1, -0.05) is 398 Å². The normalized spacial score (nSPS) is 17.6. The molecule has 0 bridgehead atoms. The predicted octanol–water partition coefficient (Wildman–Crippen LogP) is 35.9. The fraction of sp³-hybridized carbons (Fsp3) is 0.582. The third-order valence-corrected chi connectivity index (χ3v) is 25.5. The van der Waals surface area contributed by atoms with E-state index in [1.54, 1.807) is 0 Å². The predicted molar refractivity (Wildman–Crippen MR) is 501 cm³/mol. The van der Waals surface area contributed by atoms with E-state index in [4.69, 9.17) is 0 Å². The summed E-state index contributed by atoms with van der Waals surface area (Å²) in [6, 6.07) is 56.7. The monoisotopic (exact) mass is 1640 g/mol. The van der Waals surface area contributed by atoms with Crippen LogP contribution in [-0.2, 0) is 16.2 Å². The topological polar surface area (TPSA) is 0 Å². The van der Waals surface area contributed by atoms with Gasteiger partial charge in [0.05, 0.1) is 0 Å². The Hall–Kier alpha value is -6.54. The zero-order valence-corrected chi connectivity index (χ0v) is 80.2. The van der Waals surface area contributed by atoms with Gasteiger partial charge < -0.3 is 0 Å². The number of alkyl halides is 8. The highest BCUT2D eigenvalue weighted by molar-refractivity contribution is 5.86. The molecule has 8 aromatic rings. The first kappa shape index (κ1) is 108. The quantitative estimate of drug-likeness (QED) is 0.0845. The molecule has 0 N–H and O–H groups in total. The lowest BCUT2D eigenvalue weighted by Crippen LogP contribution is -2.61. The van der Waals surface area contributed by atoms with E-state index in [1.165, 1.54) is 214 Å². The van der Waals surface area contributed by atoms with Crippen LogP contribution in [0.1, 0.15) is 340 Å². The number of hydrogen-bond acceptors (Lipinski definition) is 0. The van der Waals surface area contributed by atoms with E-state index in [-0.39, 0.29) is 16.2 Å². The van der Waals surface area contributed by atoms with Crippen LogP contribution in [0.15, 0.2) is 158 Å². The van der Waals surface area contributed by atoms with Gasteiger partial charge in [-0.2, -0.15) is 35.1 Å². The molecule has 118 heavy (non-hydrogen) atoms. The number of fused-ring (bicyclic) bond motifs is 1. The van der Waals surface area contributed by atoms with Crippen LogP contribution in [0, 0.1) is 138 Å². The Morgan fingerprint density at radius 3 is 0.898 bits per heavy atom. The van der Waals surface area contributed by atoms with Crippen molar-refractivity contribution in [3.05, 3.63) is 258 Å². The Bertz CT molecular complexity index is 3900. The molecular formula is C110H164F8. The van der Waals surface area contributed by atoms with Gasteiger partial charge in [-0.25, -0.2) is 0 Å². The second-order valence-corrected chi connectivity index (χ2v) is 38.8. The standard InChI is InChI=1S/C17H32.C17H20.C16H26.C12H12.C10H14.C8H10F8.2C8H10.C8H16.C6H14/c2*1-13-5-9-15(10-6-13)17(3,4)16-11-7-14(2)8-12-16;1-11-9-14(16(6,7)8)12(2)10-13(11)15(3,4)5;1-9-6-7-12-10(2)4-3-5-11(12)8-9;1-7-5-6-8(2)10(4)9(7)3;1-3-5(9,10)7(13,14)8(15,16)6(11,12)4-2;1-7-3-5-8(2)6-4-7;1-7-4-3-5-8(2)6-7;1-7-5-3-4-6-8(7)2;1-3-5-6-4-2/h13-16H,5-12H2,1-4H3;5-12H,1-4H3;9-10H,1-8H3;3-8H,1-2H3;5-6H,1-4H3;3-4H2,1-2H3;2*3-6H,1-2H3;7-8H,3-6H2,1-2H3;3-6H2,1-2H3. The van der Waals surface area contributed by atoms with Crippen molar-refractivity contribution < 1.29 is 35.1 Å². The zero-order valence-electron chi connectivity index (χ0n) is 80.2. The molecule has 0 amide bonds. The lowest BCUT2D eigenvalue weighted by molar-refractivity contribution is -0.366. The molecule has 0 saturated heterocycles. The molecule has 3 saturated carbocycles. The number of aryl methyl sites for hydroxylation is 12. The third-order valence-electron chi connectivity index (χ3n) is 25.5. The van der Waals surface area contributed by atoms with E-state index in [9.17, 15) is 35.1 Å². The lowest BCUT2D eigenvalue weighted by atomic mass is 9.59. The average molecular weight is 1640 g/mol. The molecule has 8 heteroatoms. The van der Waals surface area contributed by atoms with Gasteiger partial charge in [0.15, 0.2) is 0 Å². The summed E-state index contributed by atoms with van der Waals surface area (Å²) >= 11 is 0. The number of halogens is 8. The molecule has 11 rings (SSSR count). The molecule has 3 aliphatic carbocycles. The van der Waals surface area contributed by atoms with Gasteiger partial charge in [-0.15, -0.1) is 0 Å². The van der Waals surface area contributed by atoms with Gasteiger partial charge >= 0.3 is 23.7 Å². The van der Waals surface area contributed by atoms with Crippen molar-refractivity contribution in [2.45, 2.75) is 377 Å². The minimum Gasteiger partial charge on any atom is -0.200 e.